The minimum absolute atomic E-state index is 0.106. The highest BCUT2D eigenvalue weighted by atomic mass is 32.2. The van der Waals surface area contributed by atoms with Crippen LogP contribution in [0.1, 0.15) is 33.6 Å². The Morgan fingerprint density at radius 1 is 1.22 bits per heavy atom. The first-order chi connectivity index (χ1) is 10.7. The fourth-order valence-electron chi connectivity index (χ4n) is 1.93. The Labute approximate surface area is 137 Å². The van der Waals surface area contributed by atoms with E-state index in [2.05, 4.69) is 10.8 Å². The largest absolute Gasteiger partial charge is 0.289 e. The molecule has 1 aromatic carbocycles. The average molecular weight is 338 g/mol. The highest BCUT2D eigenvalue weighted by Gasteiger charge is 2.24. The maximum absolute atomic E-state index is 12.2. The number of hydrogen-bond acceptors (Lipinski definition) is 4. The quantitative estimate of drug-likeness (QED) is 0.446. The number of rotatable bonds is 8. The molecule has 6 nitrogen and oxygen atoms in total. The zero-order valence-electron chi connectivity index (χ0n) is 13.6. The van der Waals surface area contributed by atoms with E-state index in [1.165, 1.54) is 29.8 Å². The molecular formula is C16H22N2O4S. The highest BCUT2D eigenvalue weighted by molar-refractivity contribution is 7.89. The maximum Gasteiger partial charge on any atom is 0.289 e. The second kappa shape index (κ2) is 8.59. The Hall–Kier alpha value is -1.99. The minimum Gasteiger partial charge on any atom is -0.258 e. The van der Waals surface area contributed by atoms with Crippen molar-refractivity contribution in [2.24, 2.45) is 0 Å². The van der Waals surface area contributed by atoms with Gasteiger partial charge in [-0.3, -0.25) is 10.1 Å². The van der Waals surface area contributed by atoms with Gasteiger partial charge >= 0.3 is 0 Å². The third-order valence-electron chi connectivity index (χ3n) is 3.17. The van der Waals surface area contributed by atoms with Gasteiger partial charge in [-0.05, 0) is 39.7 Å². The molecule has 0 aromatic heterocycles. The van der Waals surface area contributed by atoms with Crippen molar-refractivity contribution in [2.75, 3.05) is 6.54 Å². The Bertz CT molecular complexity index is 717. The van der Waals surface area contributed by atoms with Crippen molar-refractivity contribution in [1.29, 1.82) is 0 Å². The molecule has 0 saturated heterocycles. The lowest BCUT2D eigenvalue weighted by Gasteiger charge is -2.06. The number of allylic oxidation sites excluding steroid dienone is 3. The normalized spacial score (nSPS) is 12.0. The molecule has 0 radical (unpaired) electrons. The minimum atomic E-state index is -3.91. The number of nitrogens with one attached hydrogen (secondary N) is 1. The van der Waals surface area contributed by atoms with E-state index >= 15 is 0 Å². The number of sulfonamides is 1. The molecule has 7 heteroatoms. The Kier molecular flexibility index (Phi) is 7.12. The first-order valence-electron chi connectivity index (χ1n) is 7.26. The first kappa shape index (κ1) is 19.1. The zero-order valence-corrected chi connectivity index (χ0v) is 14.4. The Morgan fingerprint density at radius 3 is 2.48 bits per heavy atom. The number of nitro groups is 1. The first-order valence-corrected chi connectivity index (χ1v) is 8.74. The molecule has 126 valence electrons. The molecule has 0 saturated carbocycles. The molecule has 0 unspecified atom stereocenters. The summed E-state index contributed by atoms with van der Waals surface area (Å²) in [6.07, 6.45) is 5.65. The summed E-state index contributed by atoms with van der Waals surface area (Å²) in [5.41, 5.74) is 1.88. The molecule has 23 heavy (non-hydrogen) atoms. The van der Waals surface area contributed by atoms with Gasteiger partial charge < -0.3 is 0 Å². The van der Waals surface area contributed by atoms with Crippen LogP contribution in [-0.2, 0) is 10.0 Å². The molecule has 1 aromatic rings. The van der Waals surface area contributed by atoms with E-state index < -0.39 is 20.6 Å². The maximum atomic E-state index is 12.2. The molecular weight excluding hydrogens is 316 g/mol. The third kappa shape index (κ3) is 6.33. The van der Waals surface area contributed by atoms with E-state index in [1.54, 1.807) is 6.08 Å². The summed E-state index contributed by atoms with van der Waals surface area (Å²) in [4.78, 5) is 9.90. The summed E-state index contributed by atoms with van der Waals surface area (Å²) in [5.74, 6) is 0. The van der Waals surface area contributed by atoms with Gasteiger partial charge in [-0.15, -0.1) is 0 Å². The molecule has 0 atom stereocenters. The lowest BCUT2D eigenvalue weighted by molar-refractivity contribution is -0.387. The van der Waals surface area contributed by atoms with Crippen molar-refractivity contribution in [3.05, 3.63) is 57.7 Å². The fourth-order valence-corrected chi connectivity index (χ4v) is 3.06. The van der Waals surface area contributed by atoms with Crippen LogP contribution in [0.2, 0.25) is 0 Å². The number of nitrogens with zero attached hydrogens (tertiary/aromatic N) is 1. The van der Waals surface area contributed by atoms with Crippen LogP contribution < -0.4 is 4.72 Å². The lowest BCUT2D eigenvalue weighted by Crippen LogP contribution is -2.24. The van der Waals surface area contributed by atoms with Gasteiger partial charge in [0.1, 0.15) is 0 Å². The Morgan fingerprint density at radius 2 is 1.87 bits per heavy atom. The van der Waals surface area contributed by atoms with Gasteiger partial charge in [0, 0.05) is 12.6 Å². The summed E-state index contributed by atoms with van der Waals surface area (Å²) in [5, 5.41) is 10.9. The number of para-hydroxylation sites is 1. The predicted octanol–water partition coefficient (Wildman–Crippen LogP) is 3.57. The van der Waals surface area contributed by atoms with Crippen LogP contribution >= 0.6 is 0 Å². The van der Waals surface area contributed by atoms with Crippen LogP contribution in [0.25, 0.3) is 0 Å². The van der Waals surface area contributed by atoms with Crippen molar-refractivity contribution in [3.63, 3.8) is 0 Å². The van der Waals surface area contributed by atoms with Crippen molar-refractivity contribution in [3.8, 4) is 0 Å². The average Bonchev–Trinajstić information content (AvgIpc) is 2.46. The van der Waals surface area contributed by atoms with E-state index in [0.29, 0.717) is 0 Å². The van der Waals surface area contributed by atoms with Gasteiger partial charge in [0.15, 0.2) is 4.90 Å². The summed E-state index contributed by atoms with van der Waals surface area (Å²) in [6, 6.07) is 5.30. The van der Waals surface area contributed by atoms with Crippen LogP contribution in [0, 0.1) is 10.1 Å². The monoisotopic (exact) mass is 338 g/mol. The van der Waals surface area contributed by atoms with Crippen molar-refractivity contribution in [2.45, 2.75) is 38.5 Å². The lowest BCUT2D eigenvalue weighted by atomic mass is 10.1. The van der Waals surface area contributed by atoms with Crippen LogP contribution in [0.4, 0.5) is 5.69 Å². The number of hydrogen-bond donors (Lipinski definition) is 1. The number of benzene rings is 1. The highest BCUT2D eigenvalue weighted by Crippen LogP contribution is 2.22. The van der Waals surface area contributed by atoms with Crippen LogP contribution in [0.3, 0.4) is 0 Å². The van der Waals surface area contributed by atoms with Gasteiger partial charge in [-0.2, -0.15) is 0 Å². The van der Waals surface area contributed by atoms with E-state index in [1.807, 2.05) is 20.8 Å². The van der Waals surface area contributed by atoms with Gasteiger partial charge in [0.25, 0.3) is 5.69 Å². The van der Waals surface area contributed by atoms with Crippen molar-refractivity contribution >= 4 is 15.7 Å². The van der Waals surface area contributed by atoms with E-state index in [0.717, 1.165) is 18.4 Å². The number of nitro benzene ring substituents is 1. The molecule has 0 heterocycles. The standard InChI is InChI=1S/C16H22N2O4S/c1-13(2)7-6-8-14(3)11-12-17-23(21,22)16-10-5-4-9-15(16)18(19)20/h4-5,7,9-11,17H,6,8,12H2,1-3H3/b14-11+. The predicted molar refractivity (Wildman–Crippen MR) is 90.7 cm³/mol. The van der Waals surface area contributed by atoms with Crippen LogP contribution in [0.5, 0.6) is 0 Å². The molecule has 0 bridgehead atoms. The van der Waals surface area contributed by atoms with E-state index in [4.69, 9.17) is 0 Å². The summed E-state index contributed by atoms with van der Waals surface area (Å²) >= 11 is 0. The third-order valence-corrected chi connectivity index (χ3v) is 4.64. The second-order valence-electron chi connectivity index (χ2n) is 5.45. The second-order valence-corrected chi connectivity index (χ2v) is 7.18. The zero-order chi connectivity index (χ0) is 17.5. The van der Waals surface area contributed by atoms with Crippen molar-refractivity contribution in [1.82, 2.24) is 4.72 Å². The van der Waals surface area contributed by atoms with Gasteiger partial charge in [0.2, 0.25) is 10.0 Å². The molecule has 0 aliphatic carbocycles. The molecule has 0 spiro atoms. The summed E-state index contributed by atoms with van der Waals surface area (Å²) in [7, 11) is -3.91. The van der Waals surface area contributed by atoms with E-state index in [9.17, 15) is 18.5 Å². The topological polar surface area (TPSA) is 89.3 Å². The Balaban J connectivity index is 2.74. The molecule has 0 aliphatic heterocycles. The molecule has 0 aliphatic rings. The van der Waals surface area contributed by atoms with Gasteiger partial charge in [-0.1, -0.05) is 35.4 Å². The smallest absolute Gasteiger partial charge is 0.258 e. The van der Waals surface area contributed by atoms with E-state index in [-0.39, 0.29) is 11.4 Å². The van der Waals surface area contributed by atoms with Crippen molar-refractivity contribution < 1.29 is 13.3 Å². The van der Waals surface area contributed by atoms with Crippen LogP contribution in [-0.4, -0.2) is 19.9 Å². The summed E-state index contributed by atoms with van der Waals surface area (Å²) in [6.45, 7) is 6.09. The summed E-state index contributed by atoms with van der Waals surface area (Å²) < 4.78 is 26.8. The SMILES string of the molecule is CC(C)=CCC/C(C)=C/CNS(=O)(=O)c1ccccc1[N+](=O)[O-]. The fraction of sp³-hybridized carbons (Fsp3) is 0.375. The molecule has 1 N–H and O–H groups in total. The van der Waals surface area contributed by atoms with Crippen LogP contribution in [0.15, 0.2) is 52.5 Å². The molecule has 1 rings (SSSR count). The van der Waals surface area contributed by atoms with Gasteiger partial charge in [-0.25, -0.2) is 13.1 Å². The van der Waals surface area contributed by atoms with Gasteiger partial charge in [0.05, 0.1) is 4.92 Å². The molecule has 0 amide bonds. The molecule has 0 fully saturated rings.